The van der Waals surface area contributed by atoms with Crippen LogP contribution in [0, 0.1) is 0 Å². The van der Waals surface area contributed by atoms with Crippen LogP contribution in [0.15, 0.2) is 24.3 Å². The molecule has 0 aromatic heterocycles. The van der Waals surface area contributed by atoms with E-state index in [9.17, 15) is 4.79 Å². The number of cyclic esters (lactones) is 1. The second-order valence-electron chi connectivity index (χ2n) is 5.40. The number of alkyl halides is 1. The largest absolute Gasteiger partial charge is 0.497 e. The summed E-state index contributed by atoms with van der Waals surface area (Å²) in [5, 5.41) is -0.0650. The first kappa shape index (κ1) is 13.6. The van der Waals surface area contributed by atoms with E-state index in [1.807, 2.05) is 24.3 Å². The summed E-state index contributed by atoms with van der Waals surface area (Å²) in [5.41, 5.74) is 0.423. The molecule has 1 amide bonds. The summed E-state index contributed by atoms with van der Waals surface area (Å²) in [4.78, 5) is 13.9. The zero-order valence-corrected chi connectivity index (χ0v) is 12.2. The predicted octanol–water partition coefficient (Wildman–Crippen LogP) is 3.57. The number of nitrogens with zero attached hydrogens (tertiary/aromatic N) is 1. The maximum Gasteiger partial charge on any atom is 0.415 e. The predicted molar refractivity (Wildman–Crippen MR) is 77.7 cm³/mol. The van der Waals surface area contributed by atoms with Gasteiger partial charge in [0.15, 0.2) is 0 Å². The lowest BCUT2D eigenvalue weighted by Gasteiger charge is -2.42. The van der Waals surface area contributed by atoms with E-state index in [0.29, 0.717) is 6.61 Å². The van der Waals surface area contributed by atoms with Crippen molar-refractivity contribution in [2.75, 3.05) is 18.6 Å². The van der Waals surface area contributed by atoms with Gasteiger partial charge in [-0.05, 0) is 37.1 Å². The molecular formula is C15H18ClNO3. The quantitative estimate of drug-likeness (QED) is 0.783. The molecule has 1 saturated heterocycles. The minimum absolute atomic E-state index is 0.0650. The van der Waals surface area contributed by atoms with Crippen LogP contribution >= 0.6 is 11.6 Å². The third kappa shape index (κ3) is 2.03. The monoisotopic (exact) mass is 295 g/mol. The molecule has 1 aromatic rings. The van der Waals surface area contributed by atoms with Crippen LogP contribution in [0.4, 0.5) is 10.5 Å². The van der Waals surface area contributed by atoms with Gasteiger partial charge >= 0.3 is 6.09 Å². The molecule has 1 saturated carbocycles. The van der Waals surface area contributed by atoms with Crippen molar-refractivity contribution in [2.45, 2.75) is 36.6 Å². The summed E-state index contributed by atoms with van der Waals surface area (Å²) in [6.45, 7) is 0.381. The first-order chi connectivity index (χ1) is 9.67. The van der Waals surface area contributed by atoms with Crippen LogP contribution in [-0.4, -0.2) is 30.7 Å². The Bertz CT molecular complexity index is 504. The van der Waals surface area contributed by atoms with Gasteiger partial charge in [-0.2, -0.15) is 0 Å². The molecule has 1 aliphatic carbocycles. The van der Waals surface area contributed by atoms with Crippen molar-refractivity contribution in [2.24, 2.45) is 0 Å². The number of rotatable bonds is 2. The van der Waals surface area contributed by atoms with E-state index in [-0.39, 0.29) is 11.5 Å². The first-order valence-corrected chi connectivity index (χ1v) is 7.36. The van der Waals surface area contributed by atoms with Gasteiger partial charge in [-0.25, -0.2) is 4.79 Å². The molecule has 1 unspecified atom stereocenters. The Labute approximate surface area is 123 Å². The van der Waals surface area contributed by atoms with Gasteiger partial charge in [-0.1, -0.05) is 12.8 Å². The van der Waals surface area contributed by atoms with Crippen LogP contribution in [0.2, 0.25) is 0 Å². The molecule has 2 fully saturated rings. The van der Waals surface area contributed by atoms with Gasteiger partial charge in [-0.15, -0.1) is 11.6 Å². The molecule has 1 spiro atoms. The average molecular weight is 296 g/mol. The fourth-order valence-corrected chi connectivity index (χ4v) is 3.61. The minimum Gasteiger partial charge on any atom is -0.497 e. The molecular weight excluding hydrogens is 278 g/mol. The fourth-order valence-electron chi connectivity index (χ4n) is 3.19. The van der Waals surface area contributed by atoms with Gasteiger partial charge in [0.1, 0.15) is 17.9 Å². The van der Waals surface area contributed by atoms with Gasteiger partial charge in [0.2, 0.25) is 0 Å². The van der Waals surface area contributed by atoms with Crippen molar-refractivity contribution in [3.05, 3.63) is 24.3 Å². The topological polar surface area (TPSA) is 38.8 Å². The second kappa shape index (κ2) is 5.17. The Hall–Kier alpha value is -1.42. The van der Waals surface area contributed by atoms with Crippen molar-refractivity contribution in [1.82, 2.24) is 0 Å². The molecule has 0 radical (unpaired) electrons. The number of carbonyl (C=O) groups excluding carboxylic acids is 1. The number of ether oxygens (including phenoxy) is 2. The van der Waals surface area contributed by atoms with E-state index in [2.05, 4.69) is 0 Å². The standard InChI is InChI=1S/C15H18ClNO3/c1-19-12-7-5-11(6-8-12)17-14(18)20-10-15(17)9-3-2-4-13(15)16/h5-8,13H,2-4,9-10H2,1H3/t13?,15-/m1/s1. The second-order valence-corrected chi connectivity index (χ2v) is 5.93. The van der Waals surface area contributed by atoms with Crippen molar-refractivity contribution >= 4 is 23.4 Å². The molecule has 0 bridgehead atoms. The van der Waals surface area contributed by atoms with Gasteiger partial charge in [0, 0.05) is 5.69 Å². The summed E-state index contributed by atoms with van der Waals surface area (Å²) >= 11 is 6.55. The van der Waals surface area contributed by atoms with Gasteiger partial charge < -0.3 is 9.47 Å². The molecule has 4 nitrogen and oxygen atoms in total. The summed E-state index contributed by atoms with van der Waals surface area (Å²) in [5.74, 6) is 0.765. The van der Waals surface area contributed by atoms with Crippen molar-refractivity contribution in [1.29, 1.82) is 0 Å². The molecule has 1 heterocycles. The van der Waals surface area contributed by atoms with Gasteiger partial charge in [0.25, 0.3) is 0 Å². The minimum atomic E-state index is -0.397. The maximum absolute atomic E-state index is 12.2. The third-order valence-electron chi connectivity index (χ3n) is 4.30. The van der Waals surface area contributed by atoms with E-state index < -0.39 is 5.54 Å². The van der Waals surface area contributed by atoms with Crippen LogP contribution in [0.25, 0.3) is 0 Å². The summed E-state index contributed by atoms with van der Waals surface area (Å²) < 4.78 is 10.5. The zero-order valence-electron chi connectivity index (χ0n) is 11.5. The molecule has 5 heteroatoms. The van der Waals surface area contributed by atoms with Crippen LogP contribution < -0.4 is 9.64 Å². The van der Waals surface area contributed by atoms with E-state index >= 15 is 0 Å². The Kier molecular flexibility index (Phi) is 3.50. The molecule has 108 valence electrons. The number of methoxy groups -OCH3 is 1. The molecule has 1 aliphatic heterocycles. The van der Waals surface area contributed by atoms with Crippen LogP contribution in [0.1, 0.15) is 25.7 Å². The Morgan fingerprint density at radius 1 is 1.35 bits per heavy atom. The number of hydrogen-bond acceptors (Lipinski definition) is 3. The molecule has 2 aliphatic rings. The highest BCUT2D eigenvalue weighted by molar-refractivity contribution is 6.22. The summed E-state index contributed by atoms with van der Waals surface area (Å²) in [7, 11) is 1.62. The molecule has 0 N–H and O–H groups in total. The van der Waals surface area contributed by atoms with E-state index in [1.54, 1.807) is 12.0 Å². The first-order valence-electron chi connectivity index (χ1n) is 6.92. The van der Waals surface area contributed by atoms with E-state index in [4.69, 9.17) is 21.1 Å². The number of anilines is 1. The van der Waals surface area contributed by atoms with Gasteiger partial charge in [-0.3, -0.25) is 4.90 Å². The van der Waals surface area contributed by atoms with Crippen molar-refractivity contribution in [3.63, 3.8) is 0 Å². The van der Waals surface area contributed by atoms with Gasteiger partial charge in [0.05, 0.1) is 12.5 Å². The molecule has 20 heavy (non-hydrogen) atoms. The molecule has 2 atom stereocenters. The highest BCUT2D eigenvalue weighted by atomic mass is 35.5. The highest BCUT2D eigenvalue weighted by Gasteiger charge is 2.53. The Balaban J connectivity index is 1.97. The Morgan fingerprint density at radius 3 is 2.75 bits per heavy atom. The smallest absolute Gasteiger partial charge is 0.415 e. The van der Waals surface area contributed by atoms with Crippen molar-refractivity contribution < 1.29 is 14.3 Å². The average Bonchev–Trinajstić information content (AvgIpc) is 2.80. The fraction of sp³-hybridized carbons (Fsp3) is 0.533. The SMILES string of the molecule is COc1ccc(N2C(=O)OC[C@@]23CCCCC3Cl)cc1. The normalized spacial score (nSPS) is 29.6. The van der Waals surface area contributed by atoms with Crippen LogP contribution in [0.3, 0.4) is 0 Å². The number of carbonyl (C=O) groups is 1. The van der Waals surface area contributed by atoms with Crippen molar-refractivity contribution in [3.8, 4) is 5.75 Å². The number of amides is 1. The lowest BCUT2D eigenvalue weighted by molar-refractivity contribution is 0.166. The number of halogens is 1. The van der Waals surface area contributed by atoms with E-state index in [1.165, 1.54) is 0 Å². The zero-order chi connectivity index (χ0) is 14.2. The summed E-state index contributed by atoms with van der Waals surface area (Å²) in [6.07, 6.45) is 3.69. The number of benzene rings is 1. The summed E-state index contributed by atoms with van der Waals surface area (Å²) in [6, 6.07) is 7.46. The highest BCUT2D eigenvalue weighted by Crippen LogP contribution is 2.43. The third-order valence-corrected chi connectivity index (χ3v) is 4.93. The van der Waals surface area contributed by atoms with E-state index in [0.717, 1.165) is 37.1 Å². The molecule has 3 rings (SSSR count). The molecule has 1 aromatic carbocycles. The van der Waals surface area contributed by atoms with Crippen LogP contribution in [0.5, 0.6) is 5.75 Å². The Morgan fingerprint density at radius 2 is 2.10 bits per heavy atom. The lowest BCUT2D eigenvalue weighted by atomic mass is 9.80. The van der Waals surface area contributed by atoms with Crippen LogP contribution in [-0.2, 0) is 4.74 Å². The number of hydrogen-bond donors (Lipinski definition) is 0. The maximum atomic E-state index is 12.2. The lowest BCUT2D eigenvalue weighted by Crippen LogP contribution is -2.55.